The van der Waals surface area contributed by atoms with Gasteiger partial charge in [-0.15, -0.1) is 0 Å². The Hall–Kier alpha value is -2.07. The highest BCUT2D eigenvalue weighted by atomic mass is 35.5. The van der Waals surface area contributed by atoms with E-state index in [9.17, 15) is 4.79 Å². The number of aromatic nitrogens is 1. The fourth-order valence-electron chi connectivity index (χ4n) is 2.02. The molecule has 0 bridgehead atoms. The first-order valence-corrected chi connectivity index (χ1v) is 7.35. The van der Waals surface area contributed by atoms with Gasteiger partial charge in [-0.3, -0.25) is 4.79 Å². The predicted molar refractivity (Wildman–Crippen MR) is 88.5 cm³/mol. The Morgan fingerprint density at radius 2 is 1.82 bits per heavy atom. The fourth-order valence-corrected chi connectivity index (χ4v) is 2.14. The van der Waals surface area contributed by atoms with Crippen molar-refractivity contribution in [2.24, 2.45) is 0 Å². The fraction of sp³-hybridized carbons (Fsp3) is 0.294. The molecular formula is C17H19ClN2O2. The SMILES string of the molecule is Cc1cc(C)nc(NC(=O)C(C)(C)Oc2ccc(Cl)cc2)c1. The number of nitrogens with one attached hydrogen (secondary N) is 1. The van der Waals surface area contributed by atoms with Gasteiger partial charge in [0.1, 0.15) is 11.6 Å². The Bertz CT molecular complexity index is 661. The van der Waals surface area contributed by atoms with Crippen molar-refractivity contribution in [1.29, 1.82) is 0 Å². The summed E-state index contributed by atoms with van der Waals surface area (Å²) in [4.78, 5) is 16.7. The van der Waals surface area contributed by atoms with E-state index in [0.717, 1.165) is 11.3 Å². The van der Waals surface area contributed by atoms with Crippen LogP contribution >= 0.6 is 11.6 Å². The molecule has 4 nitrogen and oxygen atoms in total. The second-order valence-electron chi connectivity index (χ2n) is 5.69. The van der Waals surface area contributed by atoms with Crippen molar-refractivity contribution in [3.8, 4) is 5.75 Å². The van der Waals surface area contributed by atoms with E-state index in [1.165, 1.54) is 0 Å². The molecule has 0 saturated heterocycles. The van der Waals surface area contributed by atoms with Gasteiger partial charge in [-0.25, -0.2) is 4.98 Å². The highest BCUT2D eigenvalue weighted by Crippen LogP contribution is 2.22. The minimum absolute atomic E-state index is 0.264. The third-order valence-electron chi connectivity index (χ3n) is 3.07. The van der Waals surface area contributed by atoms with Crippen LogP contribution in [0.4, 0.5) is 5.82 Å². The Morgan fingerprint density at radius 1 is 1.18 bits per heavy atom. The van der Waals surface area contributed by atoms with Gasteiger partial charge in [-0.2, -0.15) is 0 Å². The van der Waals surface area contributed by atoms with Crippen LogP contribution in [0.2, 0.25) is 5.02 Å². The monoisotopic (exact) mass is 318 g/mol. The number of rotatable bonds is 4. The molecule has 2 aromatic rings. The minimum Gasteiger partial charge on any atom is -0.478 e. The van der Waals surface area contributed by atoms with Crippen LogP contribution in [0.15, 0.2) is 36.4 Å². The van der Waals surface area contributed by atoms with Gasteiger partial charge in [0.25, 0.3) is 5.91 Å². The lowest BCUT2D eigenvalue weighted by atomic mass is 10.1. The van der Waals surface area contributed by atoms with E-state index < -0.39 is 5.60 Å². The highest BCUT2D eigenvalue weighted by molar-refractivity contribution is 6.30. The number of carbonyl (C=O) groups is 1. The van der Waals surface area contributed by atoms with Crippen LogP contribution in [0.3, 0.4) is 0 Å². The topological polar surface area (TPSA) is 51.2 Å². The van der Waals surface area contributed by atoms with E-state index in [1.807, 2.05) is 26.0 Å². The van der Waals surface area contributed by atoms with Gasteiger partial charge >= 0.3 is 0 Å². The molecule has 0 atom stereocenters. The predicted octanol–water partition coefficient (Wildman–Crippen LogP) is 4.15. The smallest absolute Gasteiger partial charge is 0.269 e. The van der Waals surface area contributed by atoms with Gasteiger partial charge in [-0.1, -0.05) is 11.6 Å². The summed E-state index contributed by atoms with van der Waals surface area (Å²) in [6.07, 6.45) is 0. The zero-order valence-corrected chi connectivity index (χ0v) is 13.9. The first-order chi connectivity index (χ1) is 10.3. The molecule has 1 amide bonds. The van der Waals surface area contributed by atoms with Gasteiger partial charge in [0, 0.05) is 10.7 Å². The quantitative estimate of drug-likeness (QED) is 0.921. The maximum atomic E-state index is 12.4. The number of hydrogen-bond acceptors (Lipinski definition) is 3. The van der Waals surface area contributed by atoms with E-state index in [1.54, 1.807) is 38.1 Å². The minimum atomic E-state index is -1.03. The molecule has 0 aliphatic heterocycles. The lowest BCUT2D eigenvalue weighted by Crippen LogP contribution is -2.42. The summed E-state index contributed by atoms with van der Waals surface area (Å²) in [6, 6.07) is 10.7. The molecule has 0 aliphatic carbocycles. The average Bonchev–Trinajstić information content (AvgIpc) is 2.40. The van der Waals surface area contributed by atoms with Gasteiger partial charge in [-0.05, 0) is 69.7 Å². The third kappa shape index (κ3) is 4.21. The molecule has 0 spiro atoms. The number of benzene rings is 1. The standard InChI is InChI=1S/C17H19ClN2O2/c1-11-9-12(2)19-15(10-11)20-16(21)17(3,4)22-14-7-5-13(18)6-8-14/h5-10H,1-4H3,(H,19,20,21). The largest absolute Gasteiger partial charge is 0.478 e. The van der Waals surface area contributed by atoms with Crippen molar-refractivity contribution in [2.45, 2.75) is 33.3 Å². The van der Waals surface area contributed by atoms with E-state index >= 15 is 0 Å². The average molecular weight is 319 g/mol. The second kappa shape index (κ2) is 6.36. The van der Waals surface area contributed by atoms with Crippen molar-refractivity contribution in [2.75, 3.05) is 5.32 Å². The molecule has 1 aromatic carbocycles. The molecule has 5 heteroatoms. The van der Waals surface area contributed by atoms with Gasteiger partial charge < -0.3 is 10.1 Å². The Morgan fingerprint density at radius 3 is 2.41 bits per heavy atom. The second-order valence-corrected chi connectivity index (χ2v) is 6.13. The van der Waals surface area contributed by atoms with Crippen molar-refractivity contribution in [3.63, 3.8) is 0 Å². The van der Waals surface area contributed by atoms with Crippen LogP contribution in [0.1, 0.15) is 25.1 Å². The summed E-state index contributed by atoms with van der Waals surface area (Å²) in [5.41, 5.74) is 0.860. The van der Waals surface area contributed by atoms with E-state index in [4.69, 9.17) is 16.3 Å². The highest BCUT2D eigenvalue weighted by Gasteiger charge is 2.30. The third-order valence-corrected chi connectivity index (χ3v) is 3.32. The summed E-state index contributed by atoms with van der Waals surface area (Å²) in [7, 11) is 0. The Kier molecular flexibility index (Phi) is 4.71. The molecule has 0 radical (unpaired) electrons. The molecule has 2 rings (SSSR count). The number of amides is 1. The number of anilines is 1. The lowest BCUT2D eigenvalue weighted by molar-refractivity contribution is -0.128. The zero-order chi connectivity index (χ0) is 16.3. The van der Waals surface area contributed by atoms with E-state index in [-0.39, 0.29) is 5.91 Å². The summed E-state index contributed by atoms with van der Waals surface area (Å²) >= 11 is 5.84. The molecular weight excluding hydrogens is 300 g/mol. The number of halogens is 1. The van der Waals surface area contributed by atoms with Gasteiger partial charge in [0.2, 0.25) is 0 Å². The maximum Gasteiger partial charge on any atom is 0.269 e. The normalized spacial score (nSPS) is 11.1. The van der Waals surface area contributed by atoms with Crippen LogP contribution in [0.25, 0.3) is 0 Å². The lowest BCUT2D eigenvalue weighted by Gasteiger charge is -2.25. The maximum absolute atomic E-state index is 12.4. The van der Waals surface area contributed by atoms with Crippen molar-refractivity contribution in [1.82, 2.24) is 4.98 Å². The molecule has 1 N–H and O–H groups in total. The molecule has 0 unspecified atom stereocenters. The van der Waals surface area contributed by atoms with Crippen LogP contribution < -0.4 is 10.1 Å². The number of hydrogen-bond donors (Lipinski definition) is 1. The number of aryl methyl sites for hydroxylation is 2. The van der Waals surface area contributed by atoms with Gasteiger partial charge in [0.15, 0.2) is 5.60 Å². The molecule has 0 fully saturated rings. The van der Waals surface area contributed by atoms with Crippen molar-refractivity contribution in [3.05, 3.63) is 52.7 Å². The molecule has 22 heavy (non-hydrogen) atoms. The number of pyridine rings is 1. The molecule has 1 aromatic heterocycles. The van der Waals surface area contributed by atoms with Gasteiger partial charge in [0.05, 0.1) is 0 Å². The number of nitrogens with zero attached hydrogens (tertiary/aromatic N) is 1. The number of carbonyl (C=O) groups excluding carboxylic acids is 1. The van der Waals surface area contributed by atoms with E-state index in [0.29, 0.717) is 16.6 Å². The summed E-state index contributed by atoms with van der Waals surface area (Å²) in [5, 5.41) is 3.41. The van der Waals surface area contributed by atoms with E-state index in [2.05, 4.69) is 10.3 Å². The molecule has 0 aliphatic rings. The summed E-state index contributed by atoms with van der Waals surface area (Å²) in [6.45, 7) is 7.26. The first kappa shape index (κ1) is 16.3. The molecule has 1 heterocycles. The molecule has 0 saturated carbocycles. The van der Waals surface area contributed by atoms with Crippen LogP contribution in [-0.4, -0.2) is 16.5 Å². The first-order valence-electron chi connectivity index (χ1n) is 6.97. The number of ether oxygens (including phenoxy) is 1. The van der Waals surface area contributed by atoms with Crippen LogP contribution in [-0.2, 0) is 4.79 Å². The zero-order valence-electron chi connectivity index (χ0n) is 13.1. The Balaban J connectivity index is 2.11. The molecule has 116 valence electrons. The van der Waals surface area contributed by atoms with Crippen molar-refractivity contribution >= 4 is 23.3 Å². The summed E-state index contributed by atoms with van der Waals surface area (Å²) < 4.78 is 5.75. The van der Waals surface area contributed by atoms with Crippen LogP contribution in [0, 0.1) is 13.8 Å². The Labute approximate surface area is 135 Å². The summed E-state index contributed by atoms with van der Waals surface area (Å²) in [5.74, 6) is 0.841. The van der Waals surface area contributed by atoms with Crippen molar-refractivity contribution < 1.29 is 9.53 Å². The van der Waals surface area contributed by atoms with Crippen LogP contribution in [0.5, 0.6) is 5.75 Å².